The van der Waals surface area contributed by atoms with Crippen molar-refractivity contribution < 1.29 is 0 Å². The summed E-state index contributed by atoms with van der Waals surface area (Å²) in [5.74, 6) is 0.520. The van der Waals surface area contributed by atoms with Gasteiger partial charge in [0.1, 0.15) is 5.82 Å². The van der Waals surface area contributed by atoms with Crippen LogP contribution in [0.2, 0.25) is 5.02 Å². The molecule has 0 aliphatic carbocycles. The Morgan fingerprint density at radius 1 is 1.20 bits per heavy atom. The van der Waals surface area contributed by atoms with Crippen LogP contribution in [0.25, 0.3) is 0 Å². The lowest BCUT2D eigenvalue weighted by Crippen LogP contribution is -1.88. The fraction of sp³-hybridized carbons (Fsp3) is 0. The molecule has 2 aromatic rings. The van der Waals surface area contributed by atoms with E-state index in [0.29, 0.717) is 5.82 Å². The summed E-state index contributed by atoms with van der Waals surface area (Å²) in [7, 11) is 0. The first kappa shape index (κ1) is 10.3. The monoisotopic (exact) mass is 236 g/mol. The van der Waals surface area contributed by atoms with Crippen molar-refractivity contribution in [1.29, 1.82) is 0 Å². The zero-order valence-electron chi connectivity index (χ0n) is 7.85. The van der Waals surface area contributed by atoms with Gasteiger partial charge in [-0.05, 0) is 24.3 Å². The molecule has 0 atom stereocenters. The number of benzene rings is 1. The third-order valence-corrected chi connectivity index (χ3v) is 3.32. The molecule has 0 spiro atoms. The van der Waals surface area contributed by atoms with Crippen molar-refractivity contribution in [2.45, 2.75) is 9.79 Å². The standard InChI is InChI=1S/C11H9ClN2S/c12-9-3-1-2-4-10(9)15-8-5-6-14-11(13)7-8/h1-7H,(H2,13,14). The SMILES string of the molecule is Nc1cc(Sc2ccccc2Cl)ccn1. The van der Waals surface area contributed by atoms with E-state index in [1.807, 2.05) is 36.4 Å². The molecule has 2 rings (SSSR count). The molecule has 0 aliphatic heterocycles. The van der Waals surface area contributed by atoms with Crippen LogP contribution >= 0.6 is 23.4 Å². The van der Waals surface area contributed by atoms with Crippen LogP contribution in [-0.4, -0.2) is 4.98 Å². The van der Waals surface area contributed by atoms with Crippen LogP contribution in [-0.2, 0) is 0 Å². The van der Waals surface area contributed by atoms with Crippen molar-refractivity contribution >= 4 is 29.2 Å². The number of nitrogen functional groups attached to an aromatic ring is 1. The van der Waals surface area contributed by atoms with Gasteiger partial charge < -0.3 is 5.73 Å². The summed E-state index contributed by atoms with van der Waals surface area (Å²) in [6.07, 6.45) is 1.69. The number of rotatable bonds is 2. The van der Waals surface area contributed by atoms with Gasteiger partial charge in [-0.1, -0.05) is 35.5 Å². The molecule has 2 N–H and O–H groups in total. The first-order valence-corrected chi connectivity index (χ1v) is 5.59. The molecule has 1 aromatic carbocycles. The predicted octanol–water partition coefficient (Wildman–Crippen LogP) is 3.47. The molecule has 0 unspecified atom stereocenters. The number of pyridine rings is 1. The molecule has 4 heteroatoms. The van der Waals surface area contributed by atoms with E-state index in [4.69, 9.17) is 17.3 Å². The number of anilines is 1. The van der Waals surface area contributed by atoms with E-state index in [9.17, 15) is 0 Å². The van der Waals surface area contributed by atoms with Gasteiger partial charge >= 0.3 is 0 Å². The van der Waals surface area contributed by atoms with Gasteiger partial charge in [-0.3, -0.25) is 0 Å². The molecule has 1 heterocycles. The van der Waals surface area contributed by atoms with Crippen LogP contribution in [0.3, 0.4) is 0 Å². The average molecular weight is 237 g/mol. The smallest absolute Gasteiger partial charge is 0.124 e. The molecule has 0 saturated heterocycles. The summed E-state index contributed by atoms with van der Waals surface area (Å²) in [5.41, 5.74) is 5.59. The van der Waals surface area contributed by atoms with Crippen LogP contribution in [0.15, 0.2) is 52.4 Å². The molecule has 0 bridgehead atoms. The summed E-state index contributed by atoms with van der Waals surface area (Å²) in [4.78, 5) is 5.99. The molecule has 15 heavy (non-hydrogen) atoms. The van der Waals surface area contributed by atoms with Gasteiger partial charge in [0.25, 0.3) is 0 Å². The van der Waals surface area contributed by atoms with Gasteiger partial charge in [-0.2, -0.15) is 0 Å². The lowest BCUT2D eigenvalue weighted by Gasteiger charge is -2.03. The van der Waals surface area contributed by atoms with Crippen molar-refractivity contribution in [2.24, 2.45) is 0 Å². The topological polar surface area (TPSA) is 38.9 Å². The van der Waals surface area contributed by atoms with Gasteiger partial charge in [-0.15, -0.1) is 0 Å². The average Bonchev–Trinajstić information content (AvgIpc) is 2.22. The van der Waals surface area contributed by atoms with Crippen molar-refractivity contribution in [1.82, 2.24) is 4.98 Å². The quantitative estimate of drug-likeness (QED) is 0.868. The maximum atomic E-state index is 6.05. The number of nitrogens with zero attached hydrogens (tertiary/aromatic N) is 1. The van der Waals surface area contributed by atoms with Gasteiger partial charge in [0.15, 0.2) is 0 Å². The number of aromatic nitrogens is 1. The van der Waals surface area contributed by atoms with Crippen molar-refractivity contribution in [2.75, 3.05) is 5.73 Å². The molecular formula is C11H9ClN2S. The van der Waals surface area contributed by atoms with Crippen molar-refractivity contribution in [3.63, 3.8) is 0 Å². The van der Waals surface area contributed by atoms with Gasteiger partial charge in [0, 0.05) is 16.0 Å². The minimum atomic E-state index is 0.520. The molecule has 0 saturated carbocycles. The first-order chi connectivity index (χ1) is 7.25. The van der Waals surface area contributed by atoms with E-state index in [1.54, 1.807) is 18.0 Å². The second-order valence-corrected chi connectivity index (χ2v) is 4.47. The Morgan fingerprint density at radius 2 is 2.00 bits per heavy atom. The Balaban J connectivity index is 2.26. The zero-order chi connectivity index (χ0) is 10.7. The second-order valence-electron chi connectivity index (χ2n) is 2.95. The highest BCUT2D eigenvalue weighted by molar-refractivity contribution is 7.99. The predicted molar refractivity (Wildman–Crippen MR) is 64.2 cm³/mol. The Morgan fingerprint density at radius 3 is 2.73 bits per heavy atom. The highest BCUT2D eigenvalue weighted by Gasteiger charge is 2.01. The van der Waals surface area contributed by atoms with E-state index >= 15 is 0 Å². The van der Waals surface area contributed by atoms with Crippen molar-refractivity contribution in [3.8, 4) is 0 Å². The molecule has 0 amide bonds. The van der Waals surface area contributed by atoms with Gasteiger partial charge in [-0.25, -0.2) is 4.98 Å². The molecule has 0 aliphatic rings. The van der Waals surface area contributed by atoms with E-state index in [0.717, 1.165) is 14.8 Å². The fourth-order valence-corrected chi connectivity index (χ4v) is 2.27. The third-order valence-electron chi connectivity index (χ3n) is 1.82. The molecule has 1 aromatic heterocycles. The lowest BCUT2D eigenvalue weighted by molar-refractivity contribution is 1.27. The lowest BCUT2D eigenvalue weighted by atomic mass is 10.4. The summed E-state index contributed by atoms with van der Waals surface area (Å²) < 4.78 is 0. The Hall–Kier alpha value is -1.19. The Labute approximate surface area is 97.5 Å². The largest absolute Gasteiger partial charge is 0.384 e. The number of hydrogen-bond donors (Lipinski definition) is 1. The molecule has 76 valence electrons. The number of halogens is 1. The summed E-state index contributed by atoms with van der Waals surface area (Å²) in [6, 6.07) is 11.4. The zero-order valence-corrected chi connectivity index (χ0v) is 9.42. The van der Waals surface area contributed by atoms with E-state index in [1.165, 1.54) is 0 Å². The van der Waals surface area contributed by atoms with E-state index in [2.05, 4.69) is 4.98 Å². The minimum absolute atomic E-state index is 0.520. The molecular weight excluding hydrogens is 228 g/mol. The van der Waals surface area contributed by atoms with Crippen LogP contribution in [0.4, 0.5) is 5.82 Å². The highest BCUT2D eigenvalue weighted by Crippen LogP contribution is 2.33. The van der Waals surface area contributed by atoms with Crippen LogP contribution in [0.1, 0.15) is 0 Å². The first-order valence-electron chi connectivity index (χ1n) is 4.39. The number of hydrogen-bond acceptors (Lipinski definition) is 3. The summed E-state index contributed by atoms with van der Waals surface area (Å²) in [5, 5.41) is 0.748. The second kappa shape index (κ2) is 4.55. The Kier molecular flexibility index (Phi) is 3.14. The summed E-state index contributed by atoms with van der Waals surface area (Å²) >= 11 is 7.62. The summed E-state index contributed by atoms with van der Waals surface area (Å²) in [6.45, 7) is 0. The van der Waals surface area contributed by atoms with Crippen LogP contribution in [0, 0.1) is 0 Å². The maximum absolute atomic E-state index is 6.05. The van der Waals surface area contributed by atoms with Gasteiger partial charge in [0.05, 0.1) is 5.02 Å². The molecule has 2 nitrogen and oxygen atoms in total. The highest BCUT2D eigenvalue weighted by atomic mass is 35.5. The number of nitrogens with two attached hydrogens (primary N) is 1. The van der Waals surface area contributed by atoms with Crippen molar-refractivity contribution in [3.05, 3.63) is 47.6 Å². The molecule has 0 fully saturated rings. The normalized spacial score (nSPS) is 10.2. The fourth-order valence-electron chi connectivity index (χ4n) is 1.15. The maximum Gasteiger partial charge on any atom is 0.124 e. The van der Waals surface area contributed by atoms with Crippen LogP contribution in [0.5, 0.6) is 0 Å². The third kappa shape index (κ3) is 2.64. The molecule has 0 radical (unpaired) electrons. The van der Waals surface area contributed by atoms with Gasteiger partial charge in [0.2, 0.25) is 0 Å². The van der Waals surface area contributed by atoms with E-state index < -0.39 is 0 Å². The van der Waals surface area contributed by atoms with E-state index in [-0.39, 0.29) is 0 Å². The Bertz CT molecular complexity index is 474. The minimum Gasteiger partial charge on any atom is -0.384 e. The van der Waals surface area contributed by atoms with Crippen LogP contribution < -0.4 is 5.73 Å².